The summed E-state index contributed by atoms with van der Waals surface area (Å²) in [6.07, 6.45) is 7.48. The Bertz CT molecular complexity index is 547. The Hall–Kier alpha value is -0.950. The van der Waals surface area contributed by atoms with Crippen molar-refractivity contribution in [3.05, 3.63) is 21.9 Å². The normalized spacial score (nSPS) is 21.6. The van der Waals surface area contributed by atoms with Crippen molar-refractivity contribution in [2.24, 2.45) is 0 Å². The Kier molecular flexibility index (Phi) is 6.87. The average Bonchev–Trinajstić information content (AvgIpc) is 2.98. The van der Waals surface area contributed by atoms with Gasteiger partial charge in [-0.1, -0.05) is 25.7 Å². The molecule has 2 aliphatic rings. The lowest BCUT2D eigenvalue weighted by Gasteiger charge is -2.45. The molecule has 1 aliphatic heterocycles. The van der Waals surface area contributed by atoms with E-state index in [1.807, 2.05) is 12.1 Å². The molecule has 2 fully saturated rings. The maximum Gasteiger partial charge on any atom is 0.261 e. The quantitative estimate of drug-likeness (QED) is 0.786. The number of thiophene rings is 1. The Morgan fingerprint density at radius 2 is 1.96 bits per heavy atom. The predicted octanol–water partition coefficient (Wildman–Crippen LogP) is 3.05. The molecule has 6 heteroatoms. The number of carbonyl (C=O) groups is 1. The van der Waals surface area contributed by atoms with Crippen LogP contribution >= 0.6 is 11.3 Å². The Labute approximate surface area is 154 Å². The van der Waals surface area contributed by atoms with Gasteiger partial charge < -0.3 is 14.8 Å². The maximum absolute atomic E-state index is 12.6. The zero-order valence-corrected chi connectivity index (χ0v) is 16.0. The molecule has 0 unspecified atom stereocenters. The summed E-state index contributed by atoms with van der Waals surface area (Å²) in [5, 5.41) is 3.24. The van der Waals surface area contributed by atoms with Crippen molar-refractivity contribution in [3.63, 3.8) is 0 Å². The molecule has 0 bridgehead atoms. The number of morpholine rings is 1. The number of carbonyl (C=O) groups excluding carboxylic acids is 1. The minimum Gasteiger partial charge on any atom is -0.379 e. The van der Waals surface area contributed by atoms with Gasteiger partial charge in [-0.2, -0.15) is 0 Å². The topological polar surface area (TPSA) is 50.8 Å². The molecule has 140 valence electrons. The molecule has 2 heterocycles. The van der Waals surface area contributed by atoms with Crippen LogP contribution in [0.1, 0.15) is 53.1 Å². The van der Waals surface area contributed by atoms with E-state index in [0.29, 0.717) is 6.61 Å². The fraction of sp³-hybridized carbons (Fsp3) is 0.737. The van der Waals surface area contributed by atoms with Gasteiger partial charge in [-0.05, 0) is 25.0 Å². The van der Waals surface area contributed by atoms with Gasteiger partial charge in [0.05, 0.1) is 24.7 Å². The standard InChI is InChI=1S/C19H30N2O3S/c1-23-14-16-6-7-17(25-16)18(22)20-15-19(8-4-2-3-5-9-19)21-10-12-24-13-11-21/h6-7H,2-5,8-15H2,1H3,(H,20,22). The summed E-state index contributed by atoms with van der Waals surface area (Å²) < 4.78 is 10.7. The van der Waals surface area contributed by atoms with E-state index in [1.165, 1.54) is 49.9 Å². The number of methoxy groups -OCH3 is 1. The monoisotopic (exact) mass is 366 g/mol. The molecule has 3 rings (SSSR count). The van der Waals surface area contributed by atoms with Crippen LogP contribution in [0, 0.1) is 0 Å². The van der Waals surface area contributed by atoms with Crippen molar-refractivity contribution < 1.29 is 14.3 Å². The van der Waals surface area contributed by atoms with E-state index in [1.54, 1.807) is 7.11 Å². The first kappa shape index (κ1) is 18.8. The molecule has 1 aromatic rings. The van der Waals surface area contributed by atoms with Gasteiger partial charge in [0.25, 0.3) is 5.91 Å². The smallest absolute Gasteiger partial charge is 0.261 e. The highest BCUT2D eigenvalue weighted by atomic mass is 32.1. The lowest BCUT2D eigenvalue weighted by atomic mass is 9.87. The van der Waals surface area contributed by atoms with Gasteiger partial charge in [0.2, 0.25) is 0 Å². The number of nitrogens with one attached hydrogen (secondary N) is 1. The summed E-state index contributed by atoms with van der Waals surface area (Å²) >= 11 is 1.52. The van der Waals surface area contributed by atoms with Crippen molar-refractivity contribution >= 4 is 17.2 Å². The van der Waals surface area contributed by atoms with Gasteiger partial charge in [-0.15, -0.1) is 11.3 Å². The largest absolute Gasteiger partial charge is 0.379 e. The van der Waals surface area contributed by atoms with Crippen molar-refractivity contribution in [1.29, 1.82) is 0 Å². The molecular weight excluding hydrogens is 336 g/mol. The summed E-state index contributed by atoms with van der Waals surface area (Å²) in [4.78, 5) is 17.1. The molecule has 1 saturated heterocycles. The van der Waals surface area contributed by atoms with E-state index in [2.05, 4.69) is 10.2 Å². The third-order valence-corrected chi connectivity index (χ3v) is 6.52. The molecule has 0 radical (unpaired) electrons. The summed E-state index contributed by atoms with van der Waals surface area (Å²) in [6.45, 7) is 4.88. The first-order valence-corrected chi connectivity index (χ1v) is 10.2. The van der Waals surface area contributed by atoms with Crippen LogP contribution in [0.2, 0.25) is 0 Å². The lowest BCUT2D eigenvalue weighted by Crippen LogP contribution is -2.58. The van der Waals surface area contributed by atoms with Crippen LogP contribution < -0.4 is 5.32 Å². The molecule has 5 nitrogen and oxygen atoms in total. The van der Waals surface area contributed by atoms with Crippen molar-refractivity contribution in [2.75, 3.05) is 40.0 Å². The second-order valence-electron chi connectivity index (χ2n) is 7.12. The van der Waals surface area contributed by atoms with Crippen molar-refractivity contribution in [1.82, 2.24) is 10.2 Å². The van der Waals surface area contributed by atoms with E-state index in [9.17, 15) is 4.79 Å². The van der Waals surface area contributed by atoms with Crippen molar-refractivity contribution in [3.8, 4) is 0 Å². The van der Waals surface area contributed by atoms with E-state index in [4.69, 9.17) is 9.47 Å². The number of hydrogen-bond donors (Lipinski definition) is 1. The van der Waals surface area contributed by atoms with E-state index >= 15 is 0 Å². The second-order valence-corrected chi connectivity index (χ2v) is 8.29. The molecule has 0 spiro atoms. The van der Waals surface area contributed by atoms with Crippen molar-refractivity contribution in [2.45, 2.75) is 50.7 Å². The van der Waals surface area contributed by atoms with E-state index in [-0.39, 0.29) is 11.4 Å². The van der Waals surface area contributed by atoms with Gasteiger partial charge in [0, 0.05) is 37.2 Å². The zero-order chi connectivity index (χ0) is 17.5. The number of ether oxygens (including phenoxy) is 2. The summed E-state index contributed by atoms with van der Waals surface area (Å²) in [5.41, 5.74) is 0.0998. The van der Waals surface area contributed by atoms with Gasteiger partial charge in [0.15, 0.2) is 0 Å². The van der Waals surface area contributed by atoms with E-state index < -0.39 is 0 Å². The van der Waals surface area contributed by atoms with Crippen LogP contribution in [-0.2, 0) is 16.1 Å². The highest BCUT2D eigenvalue weighted by molar-refractivity contribution is 7.14. The van der Waals surface area contributed by atoms with Crippen LogP contribution in [0.25, 0.3) is 0 Å². The number of nitrogens with zero attached hydrogens (tertiary/aromatic N) is 1. The third-order valence-electron chi connectivity index (χ3n) is 5.47. The van der Waals surface area contributed by atoms with Gasteiger partial charge in [-0.3, -0.25) is 9.69 Å². The van der Waals surface area contributed by atoms with E-state index in [0.717, 1.165) is 42.6 Å². The molecule has 0 aromatic carbocycles. The summed E-state index contributed by atoms with van der Waals surface area (Å²) in [7, 11) is 1.68. The molecule has 1 N–H and O–H groups in total. The van der Waals surface area contributed by atoms with Crippen LogP contribution in [-0.4, -0.2) is 56.3 Å². The second kappa shape index (κ2) is 9.12. The Balaban J connectivity index is 1.65. The minimum atomic E-state index is 0.0456. The van der Waals surface area contributed by atoms with Crippen LogP contribution in [0.5, 0.6) is 0 Å². The fourth-order valence-electron chi connectivity index (χ4n) is 4.08. The first-order chi connectivity index (χ1) is 12.2. The molecule has 1 amide bonds. The number of amides is 1. The molecule has 1 saturated carbocycles. The average molecular weight is 367 g/mol. The van der Waals surface area contributed by atoms with Crippen LogP contribution in [0.15, 0.2) is 12.1 Å². The SMILES string of the molecule is COCc1ccc(C(=O)NCC2(N3CCOCC3)CCCCCC2)s1. The predicted molar refractivity (Wildman–Crippen MR) is 100 cm³/mol. The van der Waals surface area contributed by atoms with Crippen LogP contribution in [0.3, 0.4) is 0 Å². The number of rotatable bonds is 6. The molecule has 0 atom stereocenters. The Morgan fingerprint density at radius 1 is 1.24 bits per heavy atom. The number of hydrogen-bond acceptors (Lipinski definition) is 5. The molecule has 1 aliphatic carbocycles. The molecule has 25 heavy (non-hydrogen) atoms. The maximum atomic E-state index is 12.6. The Morgan fingerprint density at radius 3 is 2.64 bits per heavy atom. The molecule has 1 aromatic heterocycles. The fourth-order valence-corrected chi connectivity index (χ4v) is 4.98. The summed E-state index contributed by atoms with van der Waals surface area (Å²) in [6, 6.07) is 3.88. The highest BCUT2D eigenvalue weighted by Crippen LogP contribution is 2.33. The third kappa shape index (κ3) is 4.82. The van der Waals surface area contributed by atoms with Crippen LogP contribution in [0.4, 0.5) is 0 Å². The minimum absolute atomic E-state index is 0.0456. The first-order valence-electron chi connectivity index (χ1n) is 9.42. The van der Waals surface area contributed by atoms with Gasteiger partial charge >= 0.3 is 0 Å². The van der Waals surface area contributed by atoms with Gasteiger partial charge in [-0.25, -0.2) is 0 Å². The lowest BCUT2D eigenvalue weighted by molar-refractivity contribution is -0.0281. The molecular formula is C19H30N2O3S. The highest BCUT2D eigenvalue weighted by Gasteiger charge is 2.38. The summed E-state index contributed by atoms with van der Waals surface area (Å²) in [5.74, 6) is 0.0456. The zero-order valence-electron chi connectivity index (χ0n) is 15.2. The van der Waals surface area contributed by atoms with Gasteiger partial charge in [0.1, 0.15) is 0 Å².